The molecule has 0 bridgehead atoms. The van der Waals surface area contributed by atoms with E-state index in [1.54, 1.807) is 6.07 Å². The second-order valence-corrected chi connectivity index (χ2v) is 8.05. The Bertz CT molecular complexity index is 1250. The Labute approximate surface area is 175 Å². The highest BCUT2D eigenvalue weighted by Gasteiger charge is 2.18. The molecule has 0 unspecified atom stereocenters. The van der Waals surface area contributed by atoms with Gasteiger partial charge in [0, 0.05) is 23.0 Å². The van der Waals surface area contributed by atoms with Gasteiger partial charge >= 0.3 is 0 Å². The Hall–Kier alpha value is -3.86. The molecular formula is C20H15F2N3O5S. The van der Waals surface area contributed by atoms with E-state index in [4.69, 9.17) is 0 Å². The zero-order chi connectivity index (χ0) is 22.6. The Morgan fingerprint density at radius 1 is 0.935 bits per heavy atom. The molecule has 3 aromatic carbocycles. The molecule has 8 nitrogen and oxygen atoms in total. The summed E-state index contributed by atoms with van der Waals surface area (Å²) >= 11 is 0. The number of halogens is 2. The normalized spacial score (nSPS) is 11.0. The smallest absolute Gasteiger partial charge is 0.273 e. The Morgan fingerprint density at radius 3 is 2.23 bits per heavy atom. The van der Waals surface area contributed by atoms with Gasteiger partial charge in [0.2, 0.25) is 5.91 Å². The largest absolute Gasteiger partial charge is 0.326 e. The fraction of sp³-hybridized carbons (Fsp3) is 0.0500. The number of nitro groups is 1. The van der Waals surface area contributed by atoms with Gasteiger partial charge in [-0.1, -0.05) is 18.2 Å². The first kappa shape index (κ1) is 21.8. The van der Waals surface area contributed by atoms with Crippen molar-refractivity contribution in [3.8, 4) is 0 Å². The van der Waals surface area contributed by atoms with Gasteiger partial charge in [0.15, 0.2) is 11.6 Å². The third-order valence-electron chi connectivity index (χ3n) is 4.16. The molecule has 0 aliphatic rings. The van der Waals surface area contributed by atoms with Crippen LogP contribution in [0.15, 0.2) is 71.6 Å². The molecule has 3 rings (SSSR count). The summed E-state index contributed by atoms with van der Waals surface area (Å²) in [6.45, 7) is 0. The lowest BCUT2D eigenvalue weighted by molar-refractivity contribution is -0.385. The molecule has 160 valence electrons. The van der Waals surface area contributed by atoms with E-state index in [9.17, 15) is 32.1 Å². The van der Waals surface area contributed by atoms with Gasteiger partial charge < -0.3 is 5.32 Å². The number of anilines is 2. The minimum atomic E-state index is -4.15. The van der Waals surface area contributed by atoms with Crippen LogP contribution in [0.25, 0.3) is 0 Å². The molecule has 1 amide bonds. The van der Waals surface area contributed by atoms with Gasteiger partial charge in [0.25, 0.3) is 15.7 Å². The summed E-state index contributed by atoms with van der Waals surface area (Å²) in [5.74, 6) is -2.95. The summed E-state index contributed by atoms with van der Waals surface area (Å²) in [5.41, 5.74) is 0.543. The second kappa shape index (κ2) is 8.88. The number of carbonyl (C=O) groups excluding carboxylic acids is 1. The van der Waals surface area contributed by atoms with Crippen molar-refractivity contribution in [2.24, 2.45) is 0 Å². The number of rotatable bonds is 7. The van der Waals surface area contributed by atoms with Crippen molar-refractivity contribution in [3.05, 3.63) is 94.0 Å². The van der Waals surface area contributed by atoms with Gasteiger partial charge in [-0.25, -0.2) is 17.2 Å². The lowest BCUT2D eigenvalue weighted by Crippen LogP contribution is -2.16. The first-order valence-corrected chi connectivity index (χ1v) is 10.2. The third kappa shape index (κ3) is 5.39. The third-order valence-corrected chi connectivity index (χ3v) is 5.54. The van der Waals surface area contributed by atoms with E-state index < -0.39 is 37.4 Å². The molecule has 0 heterocycles. The standard InChI is InChI=1S/C20H15F2N3O5S/c21-17-10-9-16(12-18(17)22)31(29,30)24-15-7-5-14(6-8-15)23-20(26)11-13-3-1-2-4-19(13)25(27)28/h1-10,12,24H,11H2,(H,23,26). The number of hydrogen-bond acceptors (Lipinski definition) is 5. The van der Waals surface area contributed by atoms with Gasteiger partial charge in [0.05, 0.1) is 16.2 Å². The molecular weight excluding hydrogens is 432 g/mol. The molecule has 0 saturated carbocycles. The molecule has 2 N–H and O–H groups in total. The molecule has 0 aromatic heterocycles. The van der Waals surface area contributed by atoms with E-state index >= 15 is 0 Å². The highest BCUT2D eigenvalue weighted by Crippen LogP contribution is 2.21. The van der Waals surface area contributed by atoms with E-state index in [-0.39, 0.29) is 23.4 Å². The van der Waals surface area contributed by atoms with Crippen LogP contribution in [-0.2, 0) is 21.2 Å². The number of nitrogens with one attached hydrogen (secondary N) is 2. The van der Waals surface area contributed by atoms with Crippen molar-refractivity contribution in [1.82, 2.24) is 0 Å². The van der Waals surface area contributed by atoms with Crippen molar-refractivity contribution in [1.29, 1.82) is 0 Å². The number of sulfonamides is 1. The van der Waals surface area contributed by atoms with Crippen molar-refractivity contribution in [2.75, 3.05) is 10.0 Å². The van der Waals surface area contributed by atoms with Gasteiger partial charge in [-0.3, -0.25) is 19.6 Å². The van der Waals surface area contributed by atoms with Crippen molar-refractivity contribution in [2.45, 2.75) is 11.3 Å². The summed E-state index contributed by atoms with van der Waals surface area (Å²) in [6.07, 6.45) is -0.221. The number of benzene rings is 3. The number of nitrogens with zero attached hydrogens (tertiary/aromatic N) is 1. The number of carbonyl (C=O) groups is 1. The summed E-state index contributed by atoms with van der Waals surface area (Å²) in [4.78, 5) is 22.2. The van der Waals surface area contributed by atoms with Crippen LogP contribution >= 0.6 is 0 Å². The van der Waals surface area contributed by atoms with Crippen molar-refractivity contribution < 1.29 is 26.9 Å². The molecule has 0 fully saturated rings. The van der Waals surface area contributed by atoms with Crippen LogP contribution in [0, 0.1) is 21.7 Å². The van der Waals surface area contributed by atoms with Crippen LogP contribution in [0.3, 0.4) is 0 Å². The number of para-hydroxylation sites is 1. The predicted molar refractivity (Wildman–Crippen MR) is 109 cm³/mol. The van der Waals surface area contributed by atoms with Crippen LogP contribution in [-0.4, -0.2) is 19.2 Å². The predicted octanol–water partition coefficient (Wildman–Crippen LogP) is 3.86. The summed E-state index contributed by atoms with van der Waals surface area (Å²) in [6, 6.07) is 13.6. The fourth-order valence-electron chi connectivity index (χ4n) is 2.70. The van der Waals surface area contributed by atoms with Crippen LogP contribution in [0.5, 0.6) is 0 Å². The Morgan fingerprint density at radius 2 is 1.58 bits per heavy atom. The number of hydrogen-bond donors (Lipinski definition) is 2. The van der Waals surface area contributed by atoms with Crippen molar-refractivity contribution >= 4 is 33.0 Å². The average Bonchev–Trinajstić information content (AvgIpc) is 2.71. The van der Waals surface area contributed by atoms with Crippen LogP contribution in [0.4, 0.5) is 25.8 Å². The second-order valence-electron chi connectivity index (χ2n) is 6.37. The van der Waals surface area contributed by atoms with Gasteiger partial charge in [0.1, 0.15) is 0 Å². The monoisotopic (exact) mass is 447 g/mol. The molecule has 3 aromatic rings. The molecule has 0 aliphatic carbocycles. The lowest BCUT2D eigenvalue weighted by atomic mass is 10.1. The quantitative estimate of drug-likeness (QED) is 0.421. The molecule has 0 radical (unpaired) electrons. The highest BCUT2D eigenvalue weighted by atomic mass is 32.2. The highest BCUT2D eigenvalue weighted by molar-refractivity contribution is 7.92. The van der Waals surface area contributed by atoms with E-state index in [1.807, 2.05) is 0 Å². The summed E-state index contributed by atoms with van der Waals surface area (Å²) in [7, 11) is -4.15. The maximum Gasteiger partial charge on any atom is 0.273 e. The molecule has 0 saturated heterocycles. The fourth-order valence-corrected chi connectivity index (χ4v) is 3.77. The molecule has 11 heteroatoms. The SMILES string of the molecule is O=C(Cc1ccccc1[N+](=O)[O-])Nc1ccc(NS(=O)(=O)c2ccc(F)c(F)c2)cc1. The van der Waals surface area contributed by atoms with E-state index in [2.05, 4.69) is 10.0 Å². The van der Waals surface area contributed by atoms with Gasteiger partial charge in [-0.2, -0.15) is 0 Å². The zero-order valence-electron chi connectivity index (χ0n) is 15.7. The molecule has 31 heavy (non-hydrogen) atoms. The first-order valence-electron chi connectivity index (χ1n) is 8.76. The zero-order valence-corrected chi connectivity index (χ0v) is 16.5. The van der Waals surface area contributed by atoms with Crippen LogP contribution in [0.1, 0.15) is 5.56 Å². The number of amides is 1. The van der Waals surface area contributed by atoms with Crippen LogP contribution in [0.2, 0.25) is 0 Å². The Kier molecular flexibility index (Phi) is 6.25. The van der Waals surface area contributed by atoms with Gasteiger partial charge in [-0.05, 0) is 42.5 Å². The molecule has 0 spiro atoms. The minimum absolute atomic E-state index is 0.126. The molecule has 0 atom stereocenters. The van der Waals surface area contributed by atoms with E-state index in [1.165, 1.54) is 42.5 Å². The maximum atomic E-state index is 13.3. The van der Waals surface area contributed by atoms with E-state index in [0.29, 0.717) is 17.8 Å². The maximum absolute atomic E-state index is 13.3. The van der Waals surface area contributed by atoms with Gasteiger partial charge in [-0.15, -0.1) is 0 Å². The minimum Gasteiger partial charge on any atom is -0.326 e. The summed E-state index contributed by atoms with van der Waals surface area (Å²) in [5, 5.41) is 13.6. The molecule has 0 aliphatic heterocycles. The van der Waals surface area contributed by atoms with E-state index in [0.717, 1.165) is 6.07 Å². The van der Waals surface area contributed by atoms with Crippen LogP contribution < -0.4 is 10.0 Å². The number of nitro benzene ring substituents is 1. The van der Waals surface area contributed by atoms with Crippen molar-refractivity contribution in [3.63, 3.8) is 0 Å². The summed E-state index contributed by atoms with van der Waals surface area (Å²) < 4.78 is 53.1. The average molecular weight is 447 g/mol. The topological polar surface area (TPSA) is 118 Å². The lowest BCUT2D eigenvalue weighted by Gasteiger charge is -2.10. The Balaban J connectivity index is 1.67. The first-order chi connectivity index (χ1) is 14.7.